The van der Waals surface area contributed by atoms with Crippen molar-refractivity contribution in [2.24, 2.45) is 0 Å². The highest BCUT2D eigenvalue weighted by Gasteiger charge is 2.26. The van der Waals surface area contributed by atoms with Crippen LogP contribution in [-0.4, -0.2) is 6.10 Å². The number of para-hydroxylation sites is 1. The van der Waals surface area contributed by atoms with Crippen LogP contribution in [0.25, 0.3) is 0 Å². The van der Waals surface area contributed by atoms with Gasteiger partial charge in [0.25, 0.3) is 0 Å². The molecule has 0 spiro atoms. The lowest BCUT2D eigenvalue weighted by atomic mass is 9.99. The molecule has 1 aromatic carbocycles. The average Bonchev–Trinajstić information content (AvgIpc) is 2.30. The first-order valence-electron chi connectivity index (χ1n) is 4.04. The van der Waals surface area contributed by atoms with Gasteiger partial charge in [0.1, 0.15) is 11.9 Å². The molecule has 0 amide bonds. The fourth-order valence-corrected chi connectivity index (χ4v) is 1.52. The van der Waals surface area contributed by atoms with Crippen molar-refractivity contribution in [1.29, 1.82) is 0 Å². The Morgan fingerprint density at radius 1 is 1.18 bits per heavy atom. The maximum Gasteiger partial charge on any atom is 0.123 e. The summed E-state index contributed by atoms with van der Waals surface area (Å²) in [5.41, 5.74) is 1.35. The Balaban J connectivity index is 2.47. The summed E-state index contributed by atoms with van der Waals surface area (Å²) in [6.45, 7) is 4.32. The largest absolute Gasteiger partial charge is 0.490 e. The van der Waals surface area contributed by atoms with Gasteiger partial charge in [-0.2, -0.15) is 0 Å². The summed E-state index contributed by atoms with van der Waals surface area (Å²) in [6, 6.07) is 8.26. The van der Waals surface area contributed by atoms with E-state index in [1.807, 2.05) is 12.1 Å². The van der Waals surface area contributed by atoms with Crippen LogP contribution in [0.4, 0.5) is 0 Å². The summed E-state index contributed by atoms with van der Waals surface area (Å²) in [4.78, 5) is 0. The molecule has 0 N–H and O–H groups in total. The van der Waals surface area contributed by atoms with Gasteiger partial charge >= 0.3 is 0 Å². The van der Waals surface area contributed by atoms with Crippen molar-refractivity contribution in [3.8, 4) is 5.75 Å². The van der Waals surface area contributed by atoms with Crippen LogP contribution in [-0.2, 0) is 0 Å². The van der Waals surface area contributed by atoms with Crippen LogP contribution in [0, 0.1) is 0 Å². The molecule has 1 aromatic rings. The van der Waals surface area contributed by atoms with Crippen LogP contribution in [0.1, 0.15) is 25.3 Å². The minimum absolute atomic E-state index is 0.340. The summed E-state index contributed by atoms with van der Waals surface area (Å²) in [7, 11) is 0. The molecule has 1 heterocycles. The van der Waals surface area contributed by atoms with Gasteiger partial charge in [0.15, 0.2) is 0 Å². The number of benzene rings is 1. The molecular formula is C10H12O. The normalized spacial score (nSPS) is 27.8. The van der Waals surface area contributed by atoms with Crippen molar-refractivity contribution >= 4 is 0 Å². The third kappa shape index (κ3) is 0.917. The molecule has 1 heteroatoms. The molecule has 0 radical (unpaired) electrons. The molecule has 2 rings (SSSR count). The molecule has 0 bridgehead atoms. The Labute approximate surface area is 67.0 Å². The Morgan fingerprint density at radius 3 is 2.64 bits per heavy atom. The molecule has 2 atom stereocenters. The first-order chi connectivity index (χ1) is 5.29. The predicted molar refractivity (Wildman–Crippen MR) is 44.9 cm³/mol. The van der Waals surface area contributed by atoms with Gasteiger partial charge in [-0.25, -0.2) is 0 Å². The highest BCUT2D eigenvalue weighted by Crippen LogP contribution is 2.36. The quantitative estimate of drug-likeness (QED) is 0.549. The number of ether oxygens (including phenoxy) is 1. The van der Waals surface area contributed by atoms with Gasteiger partial charge in [0.05, 0.1) is 0 Å². The summed E-state index contributed by atoms with van der Waals surface area (Å²) in [6.07, 6.45) is 0.340. The van der Waals surface area contributed by atoms with Gasteiger partial charge in [-0.05, 0) is 13.0 Å². The van der Waals surface area contributed by atoms with Gasteiger partial charge in [-0.3, -0.25) is 0 Å². The molecule has 1 aliphatic rings. The van der Waals surface area contributed by atoms with Gasteiger partial charge < -0.3 is 4.74 Å². The van der Waals surface area contributed by atoms with E-state index < -0.39 is 0 Å². The Hall–Kier alpha value is -0.980. The van der Waals surface area contributed by atoms with Gasteiger partial charge in [0, 0.05) is 11.5 Å². The monoisotopic (exact) mass is 148 g/mol. The second kappa shape index (κ2) is 2.26. The summed E-state index contributed by atoms with van der Waals surface area (Å²) < 4.78 is 5.62. The fourth-order valence-electron chi connectivity index (χ4n) is 1.52. The second-order valence-electron chi connectivity index (χ2n) is 3.15. The van der Waals surface area contributed by atoms with E-state index in [0.29, 0.717) is 12.0 Å². The van der Waals surface area contributed by atoms with E-state index in [4.69, 9.17) is 4.74 Å². The minimum atomic E-state index is 0.340. The lowest BCUT2D eigenvalue weighted by Crippen LogP contribution is -2.10. The number of fused-ring (bicyclic) bond motifs is 1. The Bertz CT molecular complexity index is 267. The van der Waals surface area contributed by atoms with Crippen LogP contribution in [0.15, 0.2) is 24.3 Å². The van der Waals surface area contributed by atoms with E-state index >= 15 is 0 Å². The highest BCUT2D eigenvalue weighted by atomic mass is 16.5. The zero-order valence-corrected chi connectivity index (χ0v) is 6.87. The second-order valence-corrected chi connectivity index (χ2v) is 3.15. The van der Waals surface area contributed by atoms with E-state index in [1.54, 1.807) is 0 Å². The number of hydrogen-bond donors (Lipinski definition) is 0. The maximum absolute atomic E-state index is 5.62. The Kier molecular flexibility index (Phi) is 1.38. The SMILES string of the molecule is C[C@@H]1Oc2ccccc2[C@H]1C. The first kappa shape index (κ1) is 6.71. The van der Waals surface area contributed by atoms with E-state index in [-0.39, 0.29) is 0 Å². The third-order valence-corrected chi connectivity index (χ3v) is 2.43. The van der Waals surface area contributed by atoms with Crippen LogP contribution in [0.3, 0.4) is 0 Å². The van der Waals surface area contributed by atoms with Crippen molar-refractivity contribution in [2.45, 2.75) is 25.9 Å². The lowest BCUT2D eigenvalue weighted by molar-refractivity contribution is 0.232. The van der Waals surface area contributed by atoms with Crippen LogP contribution in [0.5, 0.6) is 5.75 Å². The molecular weight excluding hydrogens is 136 g/mol. The van der Waals surface area contributed by atoms with Crippen molar-refractivity contribution in [3.63, 3.8) is 0 Å². The van der Waals surface area contributed by atoms with Crippen molar-refractivity contribution in [2.75, 3.05) is 0 Å². The zero-order valence-electron chi connectivity index (χ0n) is 6.87. The topological polar surface area (TPSA) is 9.23 Å². The molecule has 58 valence electrons. The van der Waals surface area contributed by atoms with Gasteiger partial charge in [0.2, 0.25) is 0 Å². The van der Waals surface area contributed by atoms with Crippen LogP contribution < -0.4 is 4.74 Å². The first-order valence-corrected chi connectivity index (χ1v) is 4.04. The molecule has 1 aliphatic heterocycles. The highest BCUT2D eigenvalue weighted by molar-refractivity contribution is 5.40. The van der Waals surface area contributed by atoms with E-state index in [0.717, 1.165) is 5.75 Å². The van der Waals surface area contributed by atoms with E-state index in [9.17, 15) is 0 Å². The van der Waals surface area contributed by atoms with E-state index in [2.05, 4.69) is 26.0 Å². The smallest absolute Gasteiger partial charge is 0.123 e. The number of rotatable bonds is 0. The lowest BCUT2D eigenvalue weighted by Gasteiger charge is -2.06. The van der Waals surface area contributed by atoms with Gasteiger partial charge in [-0.15, -0.1) is 0 Å². The van der Waals surface area contributed by atoms with Crippen LogP contribution >= 0.6 is 0 Å². The molecule has 1 nitrogen and oxygen atoms in total. The molecule has 0 saturated carbocycles. The zero-order chi connectivity index (χ0) is 7.84. The van der Waals surface area contributed by atoms with Gasteiger partial charge in [-0.1, -0.05) is 25.1 Å². The summed E-state index contributed by atoms with van der Waals surface area (Å²) in [5.74, 6) is 1.61. The van der Waals surface area contributed by atoms with Crippen molar-refractivity contribution < 1.29 is 4.74 Å². The molecule has 0 aliphatic carbocycles. The average molecular weight is 148 g/mol. The molecule has 0 saturated heterocycles. The summed E-state index contributed by atoms with van der Waals surface area (Å²) >= 11 is 0. The number of hydrogen-bond acceptors (Lipinski definition) is 1. The molecule has 0 unspecified atom stereocenters. The van der Waals surface area contributed by atoms with Crippen molar-refractivity contribution in [1.82, 2.24) is 0 Å². The standard InChI is InChI=1S/C10H12O/c1-7-8(2)11-10-6-4-3-5-9(7)10/h3-8H,1-2H3/t7-,8-/m0/s1. The minimum Gasteiger partial charge on any atom is -0.490 e. The molecule has 11 heavy (non-hydrogen) atoms. The van der Waals surface area contributed by atoms with Crippen molar-refractivity contribution in [3.05, 3.63) is 29.8 Å². The summed E-state index contributed by atoms with van der Waals surface area (Å²) in [5, 5.41) is 0. The van der Waals surface area contributed by atoms with E-state index in [1.165, 1.54) is 5.56 Å². The molecule has 0 aromatic heterocycles. The Morgan fingerprint density at radius 2 is 1.91 bits per heavy atom. The van der Waals surface area contributed by atoms with Crippen LogP contribution in [0.2, 0.25) is 0 Å². The maximum atomic E-state index is 5.62. The fraction of sp³-hybridized carbons (Fsp3) is 0.400. The third-order valence-electron chi connectivity index (χ3n) is 2.43. The molecule has 0 fully saturated rings. The predicted octanol–water partition coefficient (Wildman–Crippen LogP) is 2.57.